The summed E-state index contributed by atoms with van der Waals surface area (Å²) < 4.78 is 45.5. The number of ether oxygens (including phenoxy) is 1. The van der Waals surface area contributed by atoms with E-state index in [0.29, 0.717) is 39.1 Å². The predicted octanol–water partition coefficient (Wildman–Crippen LogP) is 2.49. The first-order chi connectivity index (χ1) is 12.9. The lowest BCUT2D eigenvalue weighted by Gasteiger charge is -2.45. The van der Waals surface area contributed by atoms with Gasteiger partial charge in [0.2, 0.25) is 0 Å². The van der Waals surface area contributed by atoms with Crippen LogP contribution in [0.3, 0.4) is 0 Å². The van der Waals surface area contributed by atoms with Crippen LogP contribution in [0.1, 0.15) is 24.8 Å². The molecule has 3 rings (SSSR count). The smallest absolute Gasteiger partial charge is 0.419 e. The lowest BCUT2D eigenvalue weighted by molar-refractivity contribution is -0.138. The van der Waals surface area contributed by atoms with Gasteiger partial charge in [0.25, 0.3) is 0 Å². The summed E-state index contributed by atoms with van der Waals surface area (Å²) in [5, 5.41) is 9.07. The van der Waals surface area contributed by atoms with Crippen molar-refractivity contribution in [2.45, 2.75) is 31.5 Å². The van der Waals surface area contributed by atoms with Crippen LogP contribution in [0.4, 0.5) is 19.0 Å². The molecule has 2 atom stereocenters. The Balaban J connectivity index is 1.79. The van der Waals surface area contributed by atoms with Crippen LogP contribution in [0.25, 0.3) is 0 Å². The minimum Gasteiger partial charge on any atom is -0.481 e. The Kier molecular flexibility index (Phi) is 6.21. The Morgan fingerprint density at radius 3 is 2.70 bits per heavy atom. The van der Waals surface area contributed by atoms with Crippen LogP contribution in [-0.2, 0) is 15.7 Å². The van der Waals surface area contributed by atoms with Crippen molar-refractivity contribution < 1.29 is 27.8 Å². The fourth-order valence-corrected chi connectivity index (χ4v) is 4.06. The minimum atomic E-state index is -4.47. The van der Waals surface area contributed by atoms with Crippen molar-refractivity contribution in [2.75, 3.05) is 44.3 Å². The molecular weight excluding hydrogens is 363 g/mol. The highest BCUT2D eigenvalue weighted by Gasteiger charge is 2.39. The third-order valence-corrected chi connectivity index (χ3v) is 5.33. The molecule has 0 aromatic carbocycles. The maximum atomic E-state index is 13.4. The zero-order valence-corrected chi connectivity index (χ0v) is 15.0. The number of carboxylic acid groups (broad SMARTS) is 1. The standard InChI is InChI=1S/C18H24F3N3O3/c19-18(20,21)14-2-1-6-22-17(14)24-7-5-15(23-8-10-27-11-9-23)13(12-24)3-4-16(25)26/h1-2,6,13,15H,3-5,7-12H2,(H,25,26)/t13-,15+/m1/s1. The Morgan fingerprint density at radius 2 is 2.04 bits per heavy atom. The summed E-state index contributed by atoms with van der Waals surface area (Å²) in [6.45, 7) is 3.63. The number of pyridine rings is 1. The number of rotatable bonds is 5. The molecule has 1 N–H and O–H groups in total. The number of hydrogen-bond donors (Lipinski definition) is 1. The van der Waals surface area contributed by atoms with Crippen molar-refractivity contribution >= 4 is 11.8 Å². The van der Waals surface area contributed by atoms with Crippen molar-refractivity contribution in [1.29, 1.82) is 0 Å². The summed E-state index contributed by atoms with van der Waals surface area (Å²) >= 11 is 0. The van der Waals surface area contributed by atoms with E-state index in [4.69, 9.17) is 9.84 Å². The number of halogens is 3. The average Bonchev–Trinajstić information content (AvgIpc) is 2.66. The quantitative estimate of drug-likeness (QED) is 0.838. The topological polar surface area (TPSA) is 65.9 Å². The molecule has 2 aliphatic heterocycles. The van der Waals surface area contributed by atoms with Gasteiger partial charge in [0, 0.05) is 44.8 Å². The molecule has 1 aromatic rings. The van der Waals surface area contributed by atoms with Gasteiger partial charge in [-0.2, -0.15) is 13.2 Å². The highest BCUT2D eigenvalue weighted by Crippen LogP contribution is 2.37. The van der Waals surface area contributed by atoms with Gasteiger partial charge in [0.15, 0.2) is 0 Å². The molecule has 150 valence electrons. The first kappa shape index (κ1) is 19.9. The van der Waals surface area contributed by atoms with Crippen LogP contribution in [0.15, 0.2) is 18.3 Å². The summed E-state index contributed by atoms with van der Waals surface area (Å²) in [4.78, 5) is 19.0. The molecular formula is C18H24F3N3O3. The van der Waals surface area contributed by atoms with Crippen LogP contribution in [0, 0.1) is 5.92 Å². The van der Waals surface area contributed by atoms with E-state index in [1.807, 2.05) is 0 Å². The van der Waals surface area contributed by atoms with Gasteiger partial charge in [-0.3, -0.25) is 9.69 Å². The van der Waals surface area contributed by atoms with E-state index in [9.17, 15) is 18.0 Å². The largest absolute Gasteiger partial charge is 0.481 e. The monoisotopic (exact) mass is 387 g/mol. The molecule has 6 nitrogen and oxygen atoms in total. The highest BCUT2D eigenvalue weighted by molar-refractivity contribution is 5.66. The molecule has 1 aromatic heterocycles. The van der Waals surface area contributed by atoms with Crippen LogP contribution in [-0.4, -0.2) is 66.4 Å². The highest BCUT2D eigenvalue weighted by atomic mass is 19.4. The Morgan fingerprint density at radius 1 is 1.30 bits per heavy atom. The molecule has 9 heteroatoms. The Labute approximate surface area is 155 Å². The second-order valence-electron chi connectivity index (χ2n) is 7.02. The normalized spacial score (nSPS) is 24.8. The van der Waals surface area contributed by atoms with Gasteiger partial charge in [-0.05, 0) is 30.9 Å². The van der Waals surface area contributed by atoms with Crippen LogP contribution in [0.2, 0.25) is 0 Å². The maximum absolute atomic E-state index is 13.4. The van der Waals surface area contributed by atoms with Crippen molar-refractivity contribution in [2.24, 2.45) is 5.92 Å². The molecule has 0 aliphatic carbocycles. The molecule has 2 saturated heterocycles. The van der Waals surface area contributed by atoms with Crippen molar-refractivity contribution in [3.63, 3.8) is 0 Å². The summed E-state index contributed by atoms with van der Waals surface area (Å²) in [6, 6.07) is 2.49. The molecule has 0 radical (unpaired) electrons. The summed E-state index contributed by atoms with van der Waals surface area (Å²) in [7, 11) is 0. The molecule has 27 heavy (non-hydrogen) atoms. The third kappa shape index (κ3) is 4.90. The van der Waals surface area contributed by atoms with Crippen molar-refractivity contribution in [3.8, 4) is 0 Å². The van der Waals surface area contributed by atoms with Gasteiger partial charge in [-0.1, -0.05) is 0 Å². The second-order valence-corrected chi connectivity index (χ2v) is 7.02. The maximum Gasteiger partial charge on any atom is 0.419 e. The lowest BCUT2D eigenvalue weighted by Crippen LogP contribution is -2.54. The van der Waals surface area contributed by atoms with Crippen molar-refractivity contribution in [3.05, 3.63) is 23.9 Å². The number of anilines is 1. The van der Waals surface area contributed by atoms with E-state index in [2.05, 4.69) is 9.88 Å². The molecule has 2 fully saturated rings. The Hall–Kier alpha value is -1.87. The fourth-order valence-electron chi connectivity index (χ4n) is 4.06. The first-order valence-corrected chi connectivity index (χ1v) is 9.17. The van der Waals surface area contributed by atoms with E-state index in [1.54, 1.807) is 4.90 Å². The summed E-state index contributed by atoms with van der Waals surface area (Å²) in [5.41, 5.74) is -0.744. The number of aromatic nitrogens is 1. The predicted molar refractivity (Wildman–Crippen MR) is 92.6 cm³/mol. The van der Waals surface area contributed by atoms with Gasteiger partial charge < -0.3 is 14.7 Å². The molecule has 0 saturated carbocycles. The second kappa shape index (κ2) is 8.43. The zero-order chi connectivity index (χ0) is 19.4. The van der Waals surface area contributed by atoms with E-state index in [0.717, 1.165) is 19.2 Å². The molecule has 0 spiro atoms. The first-order valence-electron chi connectivity index (χ1n) is 9.17. The van der Waals surface area contributed by atoms with Crippen LogP contribution < -0.4 is 4.90 Å². The van der Waals surface area contributed by atoms with Gasteiger partial charge >= 0.3 is 12.1 Å². The molecule has 0 unspecified atom stereocenters. The van der Waals surface area contributed by atoms with Crippen molar-refractivity contribution in [1.82, 2.24) is 9.88 Å². The Bertz CT molecular complexity index is 650. The SMILES string of the molecule is O=C(O)CC[C@@H]1CN(c2ncccc2C(F)(F)F)CC[C@@H]1N1CCOCC1. The van der Waals surface area contributed by atoms with E-state index in [-0.39, 0.29) is 24.2 Å². The number of nitrogens with zero attached hydrogens (tertiary/aromatic N) is 3. The number of aliphatic carboxylic acids is 1. The zero-order valence-electron chi connectivity index (χ0n) is 15.0. The van der Waals surface area contributed by atoms with Crippen LogP contribution >= 0.6 is 0 Å². The molecule has 3 heterocycles. The summed E-state index contributed by atoms with van der Waals surface area (Å²) in [5.74, 6) is -0.983. The number of carbonyl (C=O) groups is 1. The lowest BCUT2D eigenvalue weighted by atomic mass is 9.86. The molecule has 0 bridgehead atoms. The average molecular weight is 387 g/mol. The van der Waals surface area contributed by atoms with Gasteiger partial charge in [0.1, 0.15) is 5.82 Å². The third-order valence-electron chi connectivity index (χ3n) is 5.33. The minimum absolute atomic E-state index is 0.00763. The number of carboxylic acids is 1. The number of morpholine rings is 1. The van der Waals surface area contributed by atoms with Crippen LogP contribution in [0.5, 0.6) is 0 Å². The fraction of sp³-hybridized carbons (Fsp3) is 0.667. The number of piperidine rings is 1. The number of alkyl halides is 3. The molecule has 0 amide bonds. The molecule has 2 aliphatic rings. The van der Waals surface area contributed by atoms with E-state index in [1.165, 1.54) is 12.3 Å². The summed E-state index contributed by atoms with van der Waals surface area (Å²) in [6.07, 6.45) is -1.99. The van der Waals surface area contributed by atoms with E-state index < -0.39 is 17.7 Å². The van der Waals surface area contributed by atoms with Gasteiger partial charge in [-0.15, -0.1) is 0 Å². The van der Waals surface area contributed by atoms with Gasteiger partial charge in [0.05, 0.1) is 18.8 Å². The van der Waals surface area contributed by atoms with Gasteiger partial charge in [-0.25, -0.2) is 4.98 Å². The van der Waals surface area contributed by atoms with E-state index >= 15 is 0 Å². The number of hydrogen-bond acceptors (Lipinski definition) is 5.